The molecule has 0 bridgehead atoms. The van der Waals surface area contributed by atoms with Gasteiger partial charge in [0.15, 0.2) is 0 Å². The number of nitrogens with zero attached hydrogens (tertiary/aromatic N) is 1. The Balaban J connectivity index is 2.97. The summed E-state index contributed by atoms with van der Waals surface area (Å²) in [6.07, 6.45) is 2.47. The molecule has 0 unspecified atom stereocenters. The van der Waals surface area contributed by atoms with E-state index in [1.165, 1.54) is 6.07 Å². The SMILES string of the molecule is CC(C)C(C=O)=Cc1csc([N+](=O)[O-])c1. The number of hydrogen-bond donors (Lipinski definition) is 0. The van der Waals surface area contributed by atoms with Crippen LogP contribution < -0.4 is 0 Å². The maximum atomic E-state index is 10.7. The first-order valence-corrected chi connectivity index (χ1v) is 5.32. The van der Waals surface area contributed by atoms with Crippen molar-refractivity contribution in [2.45, 2.75) is 13.8 Å². The summed E-state index contributed by atoms with van der Waals surface area (Å²) in [5.41, 5.74) is 1.35. The Bertz CT molecular complexity index is 407. The van der Waals surface area contributed by atoms with Crippen molar-refractivity contribution in [2.24, 2.45) is 5.92 Å². The Hall–Kier alpha value is -1.49. The molecule has 0 aliphatic heterocycles. The van der Waals surface area contributed by atoms with Gasteiger partial charge in [0.25, 0.3) is 0 Å². The van der Waals surface area contributed by atoms with Crippen LogP contribution in [0.2, 0.25) is 0 Å². The molecule has 5 heteroatoms. The van der Waals surface area contributed by atoms with Crippen molar-refractivity contribution in [3.05, 3.63) is 32.7 Å². The van der Waals surface area contributed by atoms with Crippen LogP contribution in [0, 0.1) is 16.0 Å². The maximum absolute atomic E-state index is 10.7. The van der Waals surface area contributed by atoms with Gasteiger partial charge in [0.05, 0.1) is 4.92 Å². The number of thiophene rings is 1. The fraction of sp³-hybridized carbons (Fsp3) is 0.300. The van der Waals surface area contributed by atoms with E-state index in [4.69, 9.17) is 0 Å². The van der Waals surface area contributed by atoms with Crippen molar-refractivity contribution in [1.29, 1.82) is 0 Å². The second-order valence-electron chi connectivity index (χ2n) is 3.39. The van der Waals surface area contributed by atoms with Gasteiger partial charge >= 0.3 is 5.00 Å². The van der Waals surface area contributed by atoms with Crippen LogP contribution in [0.15, 0.2) is 17.0 Å². The minimum atomic E-state index is -0.433. The molecule has 15 heavy (non-hydrogen) atoms. The van der Waals surface area contributed by atoms with Crippen molar-refractivity contribution in [3.63, 3.8) is 0 Å². The Morgan fingerprint density at radius 1 is 1.60 bits per heavy atom. The van der Waals surface area contributed by atoms with Crippen LogP contribution in [0.25, 0.3) is 6.08 Å². The molecule has 4 nitrogen and oxygen atoms in total. The highest BCUT2D eigenvalue weighted by molar-refractivity contribution is 7.13. The zero-order valence-corrected chi connectivity index (χ0v) is 9.28. The lowest BCUT2D eigenvalue weighted by molar-refractivity contribution is -0.380. The molecule has 0 spiro atoms. The average Bonchev–Trinajstić information content (AvgIpc) is 2.61. The predicted octanol–water partition coefficient (Wildman–Crippen LogP) is 2.89. The maximum Gasteiger partial charge on any atom is 0.324 e. The third kappa shape index (κ3) is 2.99. The second-order valence-corrected chi connectivity index (χ2v) is 4.28. The highest BCUT2D eigenvalue weighted by Crippen LogP contribution is 2.24. The average molecular weight is 225 g/mol. The predicted molar refractivity (Wildman–Crippen MR) is 59.9 cm³/mol. The van der Waals surface area contributed by atoms with Gasteiger partial charge in [-0.3, -0.25) is 14.9 Å². The molecular formula is C10H11NO3S. The monoisotopic (exact) mass is 225 g/mol. The molecule has 80 valence electrons. The molecular weight excluding hydrogens is 214 g/mol. The van der Waals surface area contributed by atoms with Crippen LogP contribution >= 0.6 is 11.3 Å². The van der Waals surface area contributed by atoms with Crippen LogP contribution in [0.3, 0.4) is 0 Å². The lowest BCUT2D eigenvalue weighted by Gasteiger charge is -2.01. The highest BCUT2D eigenvalue weighted by Gasteiger charge is 2.09. The van der Waals surface area contributed by atoms with Crippen molar-refractivity contribution in [3.8, 4) is 0 Å². The van der Waals surface area contributed by atoms with Crippen LogP contribution in [0.4, 0.5) is 5.00 Å². The van der Waals surface area contributed by atoms with Crippen molar-refractivity contribution >= 4 is 28.7 Å². The number of carbonyl (C=O) groups is 1. The zero-order chi connectivity index (χ0) is 11.4. The van der Waals surface area contributed by atoms with Crippen molar-refractivity contribution in [1.82, 2.24) is 0 Å². The first-order chi connectivity index (χ1) is 7.04. The lowest BCUT2D eigenvalue weighted by atomic mass is 10.0. The highest BCUT2D eigenvalue weighted by atomic mass is 32.1. The minimum Gasteiger partial charge on any atom is -0.298 e. The fourth-order valence-electron chi connectivity index (χ4n) is 1.04. The van der Waals surface area contributed by atoms with Crippen LogP contribution in [-0.4, -0.2) is 11.2 Å². The molecule has 1 heterocycles. The molecule has 1 aromatic heterocycles. The summed E-state index contributed by atoms with van der Waals surface area (Å²) in [5.74, 6) is 0.126. The van der Waals surface area contributed by atoms with E-state index in [1.54, 1.807) is 11.5 Å². The van der Waals surface area contributed by atoms with Gasteiger partial charge in [0.2, 0.25) is 0 Å². The lowest BCUT2D eigenvalue weighted by Crippen LogP contribution is -1.94. The summed E-state index contributed by atoms with van der Waals surface area (Å²) < 4.78 is 0. The van der Waals surface area contributed by atoms with E-state index in [0.29, 0.717) is 11.1 Å². The minimum absolute atomic E-state index is 0.0928. The van der Waals surface area contributed by atoms with Crippen LogP contribution in [0.1, 0.15) is 19.4 Å². The molecule has 0 amide bonds. The number of allylic oxidation sites excluding steroid dienone is 1. The summed E-state index contributed by atoms with van der Waals surface area (Å²) in [6, 6.07) is 1.47. The number of rotatable bonds is 4. The molecule has 1 aromatic rings. The molecule has 0 aliphatic carbocycles. The Kier molecular flexibility index (Phi) is 3.74. The van der Waals surface area contributed by atoms with E-state index in [9.17, 15) is 14.9 Å². The molecule has 0 N–H and O–H groups in total. The zero-order valence-electron chi connectivity index (χ0n) is 8.47. The number of nitro groups is 1. The van der Waals surface area contributed by atoms with Gasteiger partial charge in [-0.2, -0.15) is 0 Å². The molecule has 1 rings (SSSR count). The van der Waals surface area contributed by atoms with Crippen molar-refractivity contribution < 1.29 is 9.72 Å². The molecule has 0 radical (unpaired) electrons. The molecule has 0 saturated heterocycles. The fourth-order valence-corrected chi connectivity index (χ4v) is 1.72. The number of hydrogen-bond acceptors (Lipinski definition) is 4. The van der Waals surface area contributed by atoms with E-state index in [1.807, 2.05) is 13.8 Å². The second kappa shape index (κ2) is 4.84. The third-order valence-electron chi connectivity index (χ3n) is 1.92. The summed E-state index contributed by atoms with van der Waals surface area (Å²) >= 11 is 1.06. The number of aldehydes is 1. The summed E-state index contributed by atoms with van der Waals surface area (Å²) in [5, 5.41) is 12.2. The first-order valence-electron chi connectivity index (χ1n) is 4.44. The molecule has 0 fully saturated rings. The van der Waals surface area contributed by atoms with E-state index in [-0.39, 0.29) is 10.9 Å². The third-order valence-corrected chi connectivity index (χ3v) is 2.82. The first kappa shape index (κ1) is 11.6. The number of carbonyl (C=O) groups excluding carboxylic acids is 1. The van der Waals surface area contributed by atoms with Crippen LogP contribution in [0.5, 0.6) is 0 Å². The van der Waals surface area contributed by atoms with E-state index >= 15 is 0 Å². The van der Waals surface area contributed by atoms with E-state index in [2.05, 4.69) is 0 Å². The van der Waals surface area contributed by atoms with Crippen LogP contribution in [-0.2, 0) is 4.79 Å². The van der Waals surface area contributed by atoms with Gasteiger partial charge in [-0.15, -0.1) is 0 Å². The normalized spacial score (nSPS) is 11.8. The smallest absolute Gasteiger partial charge is 0.298 e. The van der Waals surface area contributed by atoms with E-state index in [0.717, 1.165) is 17.6 Å². The van der Waals surface area contributed by atoms with Crippen molar-refractivity contribution in [2.75, 3.05) is 0 Å². The molecule has 0 aliphatic rings. The summed E-state index contributed by atoms with van der Waals surface area (Å²) in [7, 11) is 0. The van der Waals surface area contributed by atoms with Gasteiger partial charge < -0.3 is 0 Å². The standard InChI is InChI=1S/C10H11NO3S/c1-7(2)9(5-12)3-8-4-10(11(13)14)15-6-8/h3-7H,1-2H3. The quantitative estimate of drug-likeness (QED) is 0.342. The van der Waals surface area contributed by atoms with Gasteiger partial charge in [0, 0.05) is 11.4 Å². The van der Waals surface area contributed by atoms with Gasteiger partial charge in [-0.1, -0.05) is 25.2 Å². The molecule has 0 saturated carbocycles. The largest absolute Gasteiger partial charge is 0.324 e. The van der Waals surface area contributed by atoms with Gasteiger partial charge in [-0.25, -0.2) is 0 Å². The topological polar surface area (TPSA) is 60.2 Å². The summed E-state index contributed by atoms with van der Waals surface area (Å²) in [4.78, 5) is 20.7. The van der Waals surface area contributed by atoms with E-state index < -0.39 is 4.92 Å². The Morgan fingerprint density at radius 2 is 2.27 bits per heavy atom. The van der Waals surface area contributed by atoms with Gasteiger partial charge in [-0.05, 0) is 23.1 Å². The Labute approximate surface area is 91.4 Å². The Morgan fingerprint density at radius 3 is 2.67 bits per heavy atom. The summed E-state index contributed by atoms with van der Waals surface area (Å²) in [6.45, 7) is 3.81. The molecule has 0 aromatic carbocycles. The van der Waals surface area contributed by atoms with Gasteiger partial charge in [0.1, 0.15) is 6.29 Å². The molecule has 0 atom stereocenters.